The Kier molecular flexibility index (Phi) is 5.27. The molecular formula is C15H16BrN7O4S. The minimum atomic E-state index is -1.27. The summed E-state index contributed by atoms with van der Waals surface area (Å²) in [4.78, 5) is 13.5. The molecule has 28 heavy (non-hydrogen) atoms. The first-order chi connectivity index (χ1) is 13.5. The van der Waals surface area contributed by atoms with Crippen LogP contribution in [0, 0.1) is 0 Å². The normalized spacial score (nSPS) is 25.1. The van der Waals surface area contributed by atoms with Crippen molar-refractivity contribution in [3.05, 3.63) is 27.1 Å². The van der Waals surface area contributed by atoms with Gasteiger partial charge in [0.1, 0.15) is 23.8 Å². The van der Waals surface area contributed by atoms with Gasteiger partial charge in [0.15, 0.2) is 17.7 Å². The number of aromatic nitrogens is 4. The highest BCUT2D eigenvalue weighted by atomic mass is 79.9. The van der Waals surface area contributed by atoms with Gasteiger partial charge in [-0.05, 0) is 22.0 Å². The first-order valence-corrected chi connectivity index (χ1v) is 9.81. The average molecular weight is 470 g/mol. The summed E-state index contributed by atoms with van der Waals surface area (Å²) in [5.41, 5.74) is 9.27. The lowest BCUT2D eigenvalue weighted by Crippen LogP contribution is -2.33. The molecule has 13 heteroatoms. The third-order valence-corrected chi connectivity index (χ3v) is 5.81. The Bertz CT molecular complexity index is 1030. The van der Waals surface area contributed by atoms with Crippen LogP contribution < -0.4 is 11.2 Å². The summed E-state index contributed by atoms with van der Waals surface area (Å²) in [7, 11) is 0. The summed E-state index contributed by atoms with van der Waals surface area (Å²) >= 11 is 4.88. The minimum absolute atomic E-state index is 0.118. The molecule has 0 aliphatic carbocycles. The second-order valence-electron chi connectivity index (χ2n) is 6.02. The number of ether oxygens (including phenoxy) is 1. The molecule has 0 spiro atoms. The summed E-state index contributed by atoms with van der Waals surface area (Å²) in [6, 6.07) is 1.91. The van der Waals surface area contributed by atoms with E-state index >= 15 is 0 Å². The Labute approximate surface area is 170 Å². The van der Waals surface area contributed by atoms with E-state index in [0.717, 1.165) is 9.35 Å². The highest BCUT2D eigenvalue weighted by Crippen LogP contribution is 2.32. The van der Waals surface area contributed by atoms with Crippen molar-refractivity contribution in [1.29, 1.82) is 0 Å². The smallest absolute Gasteiger partial charge is 0.247 e. The number of thiophene rings is 1. The van der Waals surface area contributed by atoms with Crippen molar-refractivity contribution in [2.24, 2.45) is 5.10 Å². The van der Waals surface area contributed by atoms with Crippen LogP contribution in [0.15, 0.2) is 27.3 Å². The highest BCUT2D eigenvalue weighted by Gasteiger charge is 2.44. The fourth-order valence-corrected chi connectivity index (χ4v) is 4.14. The zero-order chi connectivity index (χ0) is 19.8. The molecule has 148 valence electrons. The molecule has 11 nitrogen and oxygen atoms in total. The van der Waals surface area contributed by atoms with Crippen molar-refractivity contribution < 1.29 is 20.1 Å². The van der Waals surface area contributed by atoms with E-state index in [1.54, 1.807) is 6.21 Å². The van der Waals surface area contributed by atoms with Gasteiger partial charge >= 0.3 is 0 Å². The van der Waals surface area contributed by atoms with E-state index in [2.05, 4.69) is 41.4 Å². The number of anilines is 2. The maximum Gasteiger partial charge on any atom is 0.247 e. The molecule has 6 N–H and O–H groups in total. The van der Waals surface area contributed by atoms with Crippen LogP contribution in [0.25, 0.3) is 11.2 Å². The summed E-state index contributed by atoms with van der Waals surface area (Å²) in [5.74, 6) is 0.248. The molecular weight excluding hydrogens is 454 g/mol. The zero-order valence-electron chi connectivity index (χ0n) is 14.2. The molecule has 0 radical (unpaired) electrons. The molecule has 1 saturated heterocycles. The average Bonchev–Trinajstić information content (AvgIpc) is 3.35. The number of rotatable bonds is 5. The molecule has 0 unspecified atom stereocenters. The van der Waals surface area contributed by atoms with Crippen LogP contribution >= 0.6 is 27.3 Å². The molecule has 3 aromatic heterocycles. The number of nitrogens with zero attached hydrogens (tertiary/aromatic N) is 5. The van der Waals surface area contributed by atoms with Gasteiger partial charge in [-0.25, -0.2) is 10.4 Å². The van der Waals surface area contributed by atoms with E-state index in [0.29, 0.717) is 11.2 Å². The van der Waals surface area contributed by atoms with Crippen LogP contribution in [0.2, 0.25) is 0 Å². The molecule has 0 saturated carbocycles. The van der Waals surface area contributed by atoms with E-state index in [-0.39, 0.29) is 11.8 Å². The van der Waals surface area contributed by atoms with Crippen molar-refractivity contribution in [3.63, 3.8) is 0 Å². The quantitative estimate of drug-likeness (QED) is 0.260. The Hall–Kier alpha value is -2.16. The van der Waals surface area contributed by atoms with Crippen LogP contribution in [0.4, 0.5) is 11.8 Å². The fourth-order valence-electron chi connectivity index (χ4n) is 2.83. The van der Waals surface area contributed by atoms with E-state index in [9.17, 15) is 15.3 Å². The molecule has 1 fully saturated rings. The number of imidazole rings is 1. The van der Waals surface area contributed by atoms with E-state index in [1.165, 1.54) is 22.2 Å². The second-order valence-corrected chi connectivity index (χ2v) is 7.88. The first-order valence-electron chi connectivity index (χ1n) is 8.13. The standard InChI is InChI=1S/C15H16BrN7O4S/c16-6-1-7(28-4-6)2-19-22-15-20-12(17)9-13(21-15)23(5-18-9)14-11(26)10(25)8(3-24)27-14/h1-2,4-5,8,10-11,14,24-26H,3H2,(H3,17,20,21,22)/b19-2+/t8-,10-,11-,14-/m1/s1. The van der Waals surface area contributed by atoms with E-state index in [1.807, 2.05) is 11.4 Å². The van der Waals surface area contributed by atoms with E-state index in [4.69, 9.17) is 10.5 Å². The molecule has 0 bridgehead atoms. The third-order valence-electron chi connectivity index (χ3n) is 4.18. The molecule has 3 aromatic rings. The van der Waals surface area contributed by atoms with Crippen LogP contribution in [-0.4, -0.2) is 66.0 Å². The number of aliphatic hydroxyl groups excluding tert-OH is 3. The van der Waals surface area contributed by atoms with Gasteiger partial charge in [-0.1, -0.05) is 0 Å². The van der Waals surface area contributed by atoms with Gasteiger partial charge in [0.05, 0.1) is 19.1 Å². The predicted octanol–water partition coefficient (Wildman–Crippen LogP) is 0.290. The first kappa shape index (κ1) is 19.2. The van der Waals surface area contributed by atoms with Crippen LogP contribution in [0.5, 0.6) is 0 Å². The summed E-state index contributed by atoms with van der Waals surface area (Å²) in [6.45, 7) is -0.432. The molecule has 4 atom stereocenters. The topological polar surface area (TPSA) is 164 Å². The number of hydrogen-bond acceptors (Lipinski definition) is 11. The number of hydrazone groups is 1. The molecule has 1 aliphatic heterocycles. The second kappa shape index (κ2) is 7.69. The van der Waals surface area contributed by atoms with Gasteiger partial charge in [0.2, 0.25) is 5.95 Å². The summed E-state index contributed by atoms with van der Waals surface area (Å²) < 4.78 is 7.92. The maximum absolute atomic E-state index is 10.2. The molecule has 4 rings (SSSR count). The fraction of sp³-hybridized carbons (Fsp3) is 0.333. The van der Waals surface area contributed by atoms with Crippen molar-refractivity contribution in [3.8, 4) is 0 Å². The number of halogens is 1. The largest absolute Gasteiger partial charge is 0.394 e. The summed E-state index contributed by atoms with van der Waals surface area (Å²) in [5, 5.41) is 35.5. The van der Waals surface area contributed by atoms with Crippen molar-refractivity contribution in [2.45, 2.75) is 24.5 Å². The maximum atomic E-state index is 10.2. The number of nitrogen functional groups attached to an aromatic ring is 1. The number of nitrogens with one attached hydrogen (secondary N) is 1. The molecule has 1 aliphatic rings. The van der Waals surface area contributed by atoms with Crippen molar-refractivity contribution in [1.82, 2.24) is 19.5 Å². The van der Waals surface area contributed by atoms with Crippen molar-refractivity contribution >= 4 is 56.4 Å². The molecule has 0 amide bonds. The van der Waals surface area contributed by atoms with Crippen LogP contribution in [0.3, 0.4) is 0 Å². The van der Waals surface area contributed by atoms with Gasteiger partial charge in [-0.3, -0.25) is 4.57 Å². The lowest BCUT2D eigenvalue weighted by atomic mass is 10.1. The Balaban J connectivity index is 1.62. The van der Waals surface area contributed by atoms with Gasteiger partial charge in [-0.15, -0.1) is 11.3 Å². The SMILES string of the molecule is Nc1nc(N/N=C/c2cc(Br)cs2)nc2c1ncn2[C@@H]1O[C@H](CO)[C@@H](O)[C@H]1O. The van der Waals surface area contributed by atoms with Gasteiger partial charge < -0.3 is 25.8 Å². The number of hydrogen-bond donors (Lipinski definition) is 5. The molecule has 4 heterocycles. The lowest BCUT2D eigenvalue weighted by molar-refractivity contribution is -0.0511. The van der Waals surface area contributed by atoms with Crippen molar-refractivity contribution in [2.75, 3.05) is 17.8 Å². The predicted molar refractivity (Wildman–Crippen MR) is 106 cm³/mol. The third kappa shape index (κ3) is 3.47. The number of fused-ring (bicyclic) bond motifs is 1. The number of nitrogens with two attached hydrogens (primary N) is 1. The van der Waals surface area contributed by atoms with Gasteiger partial charge in [0, 0.05) is 14.7 Å². The Morgan fingerprint density at radius 2 is 2.21 bits per heavy atom. The van der Waals surface area contributed by atoms with Crippen LogP contribution in [-0.2, 0) is 4.74 Å². The lowest BCUT2D eigenvalue weighted by Gasteiger charge is -2.16. The van der Waals surface area contributed by atoms with Gasteiger partial charge in [-0.2, -0.15) is 15.1 Å². The molecule has 0 aromatic carbocycles. The van der Waals surface area contributed by atoms with Gasteiger partial charge in [0.25, 0.3) is 0 Å². The Morgan fingerprint density at radius 3 is 2.89 bits per heavy atom. The van der Waals surface area contributed by atoms with E-state index < -0.39 is 31.1 Å². The minimum Gasteiger partial charge on any atom is -0.394 e. The summed E-state index contributed by atoms with van der Waals surface area (Å²) in [6.07, 6.45) is -1.40. The zero-order valence-corrected chi connectivity index (χ0v) is 16.6. The Morgan fingerprint density at radius 1 is 1.39 bits per heavy atom. The van der Waals surface area contributed by atoms with Crippen LogP contribution in [0.1, 0.15) is 11.1 Å². The number of aliphatic hydroxyl groups is 3. The monoisotopic (exact) mass is 469 g/mol. The highest BCUT2D eigenvalue weighted by molar-refractivity contribution is 9.10.